The summed E-state index contributed by atoms with van der Waals surface area (Å²) < 4.78 is 0. The summed E-state index contributed by atoms with van der Waals surface area (Å²) in [6.07, 6.45) is 0. The Kier molecular flexibility index (Phi) is 4.21. The predicted octanol–water partition coefficient (Wildman–Crippen LogP) is 1.78. The molecule has 1 heterocycles. The average molecular weight is 264 g/mol. The Balaban J connectivity index is 2.25. The van der Waals surface area contributed by atoms with Gasteiger partial charge in [0.05, 0.1) is 4.92 Å². The van der Waals surface area contributed by atoms with Crippen molar-refractivity contribution in [3.8, 4) is 0 Å². The van der Waals surface area contributed by atoms with Crippen LogP contribution in [0.4, 0.5) is 17.1 Å². The third kappa shape index (κ3) is 3.35. The SMILES string of the molecule is CCNc1cc(N2CCN(C)CC2)cc([N+](=O)[O-])c1. The van der Waals surface area contributed by atoms with Gasteiger partial charge in [0.25, 0.3) is 5.69 Å². The lowest BCUT2D eigenvalue weighted by molar-refractivity contribution is -0.384. The molecule has 1 aliphatic heterocycles. The van der Waals surface area contributed by atoms with Crippen molar-refractivity contribution in [1.82, 2.24) is 4.90 Å². The molecule has 2 rings (SSSR count). The molecule has 0 saturated carbocycles. The van der Waals surface area contributed by atoms with Crippen LogP contribution in [0.25, 0.3) is 0 Å². The summed E-state index contributed by atoms with van der Waals surface area (Å²) >= 11 is 0. The van der Waals surface area contributed by atoms with Crippen LogP contribution in [0.2, 0.25) is 0 Å². The molecule has 1 N–H and O–H groups in total. The van der Waals surface area contributed by atoms with Gasteiger partial charge in [0.1, 0.15) is 0 Å². The zero-order chi connectivity index (χ0) is 13.8. The molecule has 0 radical (unpaired) electrons. The molecule has 19 heavy (non-hydrogen) atoms. The van der Waals surface area contributed by atoms with Gasteiger partial charge in [0, 0.05) is 56.2 Å². The van der Waals surface area contributed by atoms with Gasteiger partial charge in [-0.3, -0.25) is 10.1 Å². The maximum Gasteiger partial charge on any atom is 0.273 e. The molecule has 1 fully saturated rings. The highest BCUT2D eigenvalue weighted by atomic mass is 16.6. The molecule has 104 valence electrons. The first-order valence-electron chi connectivity index (χ1n) is 6.57. The molecule has 0 unspecified atom stereocenters. The molecule has 1 saturated heterocycles. The number of hydrogen-bond acceptors (Lipinski definition) is 5. The molecular formula is C13H20N4O2. The summed E-state index contributed by atoms with van der Waals surface area (Å²) in [5.74, 6) is 0. The second kappa shape index (κ2) is 5.88. The van der Waals surface area contributed by atoms with E-state index < -0.39 is 0 Å². The van der Waals surface area contributed by atoms with Gasteiger partial charge in [0.2, 0.25) is 0 Å². The standard InChI is InChI=1S/C13H20N4O2/c1-3-14-11-8-12(10-13(9-11)17(18)19)16-6-4-15(2)5-7-16/h8-10,14H,3-7H2,1-2H3. The quantitative estimate of drug-likeness (QED) is 0.663. The van der Waals surface area contributed by atoms with Crippen LogP contribution >= 0.6 is 0 Å². The van der Waals surface area contributed by atoms with Gasteiger partial charge in [0.15, 0.2) is 0 Å². The van der Waals surface area contributed by atoms with Crippen molar-refractivity contribution in [3.63, 3.8) is 0 Å². The number of non-ortho nitro benzene ring substituents is 1. The van der Waals surface area contributed by atoms with Gasteiger partial charge in [-0.2, -0.15) is 0 Å². The monoisotopic (exact) mass is 264 g/mol. The molecule has 6 heteroatoms. The number of likely N-dealkylation sites (N-methyl/N-ethyl adjacent to an activating group) is 1. The Morgan fingerprint density at radius 1 is 1.26 bits per heavy atom. The van der Waals surface area contributed by atoms with Crippen LogP contribution in [0, 0.1) is 10.1 Å². The molecule has 0 amide bonds. The van der Waals surface area contributed by atoms with Gasteiger partial charge in [-0.15, -0.1) is 0 Å². The van der Waals surface area contributed by atoms with Crippen LogP contribution in [-0.4, -0.2) is 49.6 Å². The minimum Gasteiger partial charge on any atom is -0.385 e. The molecule has 1 aromatic carbocycles. The number of nitrogens with zero attached hydrogens (tertiary/aromatic N) is 3. The highest BCUT2D eigenvalue weighted by Crippen LogP contribution is 2.27. The number of nitro groups is 1. The number of nitrogens with one attached hydrogen (secondary N) is 1. The summed E-state index contributed by atoms with van der Waals surface area (Å²) in [5.41, 5.74) is 1.89. The topological polar surface area (TPSA) is 61.6 Å². The van der Waals surface area contributed by atoms with Gasteiger partial charge < -0.3 is 15.1 Å². The number of nitro benzene ring substituents is 1. The minimum absolute atomic E-state index is 0.146. The lowest BCUT2D eigenvalue weighted by Gasteiger charge is -2.34. The van der Waals surface area contributed by atoms with Crippen LogP contribution in [0.3, 0.4) is 0 Å². The molecule has 1 aliphatic rings. The molecule has 6 nitrogen and oxygen atoms in total. The fourth-order valence-corrected chi connectivity index (χ4v) is 2.25. The smallest absolute Gasteiger partial charge is 0.273 e. The van der Waals surface area contributed by atoms with Crippen molar-refractivity contribution in [2.45, 2.75) is 6.92 Å². The van der Waals surface area contributed by atoms with Gasteiger partial charge >= 0.3 is 0 Å². The average Bonchev–Trinajstić information content (AvgIpc) is 2.39. The first-order chi connectivity index (χ1) is 9.10. The largest absolute Gasteiger partial charge is 0.385 e. The minimum atomic E-state index is -0.333. The highest BCUT2D eigenvalue weighted by Gasteiger charge is 2.17. The molecule has 0 atom stereocenters. The van der Waals surface area contributed by atoms with Crippen LogP contribution < -0.4 is 10.2 Å². The van der Waals surface area contributed by atoms with E-state index in [9.17, 15) is 10.1 Å². The van der Waals surface area contributed by atoms with Crippen molar-refractivity contribution < 1.29 is 4.92 Å². The van der Waals surface area contributed by atoms with Crippen LogP contribution in [0.5, 0.6) is 0 Å². The van der Waals surface area contributed by atoms with E-state index in [4.69, 9.17) is 0 Å². The maximum atomic E-state index is 11.0. The van der Waals surface area contributed by atoms with E-state index >= 15 is 0 Å². The van der Waals surface area contributed by atoms with Gasteiger partial charge in [-0.1, -0.05) is 0 Å². The van der Waals surface area contributed by atoms with Crippen molar-refractivity contribution in [3.05, 3.63) is 28.3 Å². The number of benzene rings is 1. The fraction of sp³-hybridized carbons (Fsp3) is 0.538. The molecule has 0 aliphatic carbocycles. The summed E-state index contributed by atoms with van der Waals surface area (Å²) in [7, 11) is 2.09. The van der Waals surface area contributed by atoms with E-state index in [1.165, 1.54) is 0 Å². The normalized spacial score (nSPS) is 16.4. The number of hydrogen-bond donors (Lipinski definition) is 1. The van der Waals surface area contributed by atoms with Crippen LogP contribution in [0.1, 0.15) is 6.92 Å². The van der Waals surface area contributed by atoms with Crippen molar-refractivity contribution in [1.29, 1.82) is 0 Å². The molecule has 0 bridgehead atoms. The number of rotatable bonds is 4. The number of anilines is 2. The maximum absolute atomic E-state index is 11.0. The summed E-state index contributed by atoms with van der Waals surface area (Å²) in [4.78, 5) is 15.1. The van der Waals surface area contributed by atoms with E-state index in [0.29, 0.717) is 0 Å². The lowest BCUT2D eigenvalue weighted by atomic mass is 10.2. The third-order valence-corrected chi connectivity index (χ3v) is 3.36. The zero-order valence-electron chi connectivity index (χ0n) is 11.4. The lowest BCUT2D eigenvalue weighted by Crippen LogP contribution is -2.44. The highest BCUT2D eigenvalue weighted by molar-refractivity contribution is 5.64. The van der Waals surface area contributed by atoms with E-state index in [2.05, 4.69) is 22.2 Å². The first kappa shape index (κ1) is 13.6. The Labute approximate surface area is 113 Å². The van der Waals surface area contributed by atoms with E-state index in [1.54, 1.807) is 12.1 Å². The van der Waals surface area contributed by atoms with Crippen molar-refractivity contribution >= 4 is 17.1 Å². The summed E-state index contributed by atoms with van der Waals surface area (Å²) in [6, 6.07) is 5.23. The van der Waals surface area contributed by atoms with Gasteiger partial charge in [-0.25, -0.2) is 0 Å². The Morgan fingerprint density at radius 2 is 1.95 bits per heavy atom. The first-order valence-corrected chi connectivity index (χ1v) is 6.57. The van der Waals surface area contributed by atoms with Gasteiger partial charge in [-0.05, 0) is 20.0 Å². The molecule has 0 aromatic heterocycles. The third-order valence-electron chi connectivity index (χ3n) is 3.36. The fourth-order valence-electron chi connectivity index (χ4n) is 2.25. The Morgan fingerprint density at radius 3 is 2.53 bits per heavy atom. The summed E-state index contributed by atoms with van der Waals surface area (Å²) in [5, 5.41) is 14.1. The molecule has 1 aromatic rings. The van der Waals surface area contributed by atoms with E-state index in [1.807, 2.05) is 13.0 Å². The van der Waals surface area contributed by atoms with Crippen molar-refractivity contribution in [2.75, 3.05) is 50.0 Å². The van der Waals surface area contributed by atoms with E-state index in [0.717, 1.165) is 44.1 Å². The second-order valence-electron chi connectivity index (χ2n) is 4.82. The van der Waals surface area contributed by atoms with Crippen molar-refractivity contribution in [2.24, 2.45) is 0 Å². The Bertz CT molecular complexity index is 456. The Hall–Kier alpha value is -1.82. The predicted molar refractivity (Wildman–Crippen MR) is 77.0 cm³/mol. The van der Waals surface area contributed by atoms with E-state index in [-0.39, 0.29) is 10.6 Å². The van der Waals surface area contributed by atoms with Crippen LogP contribution in [0.15, 0.2) is 18.2 Å². The zero-order valence-corrected chi connectivity index (χ0v) is 11.4. The molecule has 0 spiro atoms. The molecular weight excluding hydrogens is 244 g/mol. The summed E-state index contributed by atoms with van der Waals surface area (Å²) in [6.45, 7) is 6.52. The number of piperazine rings is 1. The second-order valence-corrected chi connectivity index (χ2v) is 4.82. The van der Waals surface area contributed by atoms with Crippen LogP contribution in [-0.2, 0) is 0 Å².